The Morgan fingerprint density at radius 2 is 2.14 bits per heavy atom. The second kappa shape index (κ2) is 9.22. The largest absolute Gasteiger partial charge is 0.383 e. The van der Waals surface area contributed by atoms with Crippen LogP contribution in [-0.2, 0) is 4.74 Å². The molecule has 84 valence electrons. The van der Waals surface area contributed by atoms with Crippen molar-refractivity contribution in [2.75, 3.05) is 26.8 Å². The van der Waals surface area contributed by atoms with Crippen LogP contribution in [0.25, 0.3) is 0 Å². The van der Waals surface area contributed by atoms with Gasteiger partial charge < -0.3 is 10.1 Å². The van der Waals surface area contributed by atoms with E-state index in [-0.39, 0.29) is 0 Å². The van der Waals surface area contributed by atoms with Gasteiger partial charge in [0.1, 0.15) is 0 Å². The molecule has 0 aromatic carbocycles. The lowest BCUT2D eigenvalue weighted by Crippen LogP contribution is -2.19. The summed E-state index contributed by atoms with van der Waals surface area (Å²) in [5.41, 5.74) is 1.51. The lowest BCUT2D eigenvalue weighted by atomic mass is 9.99. The van der Waals surface area contributed by atoms with Crippen LogP contribution in [0.2, 0.25) is 0 Å². The molecule has 0 rings (SSSR count). The van der Waals surface area contributed by atoms with Gasteiger partial charge in [0.2, 0.25) is 0 Å². The zero-order chi connectivity index (χ0) is 10.8. The van der Waals surface area contributed by atoms with Crippen molar-refractivity contribution in [2.24, 2.45) is 5.92 Å². The third-order valence-electron chi connectivity index (χ3n) is 2.66. The minimum Gasteiger partial charge on any atom is -0.383 e. The second-order valence-corrected chi connectivity index (χ2v) is 3.79. The summed E-state index contributed by atoms with van der Waals surface area (Å²) < 4.78 is 4.95. The van der Waals surface area contributed by atoms with Gasteiger partial charge in [-0.05, 0) is 32.2 Å². The third kappa shape index (κ3) is 7.10. The summed E-state index contributed by atoms with van der Waals surface area (Å²) in [5, 5.41) is 3.33. The first kappa shape index (κ1) is 13.7. The summed E-state index contributed by atoms with van der Waals surface area (Å²) in [7, 11) is 1.73. The quantitative estimate of drug-likeness (QED) is 0.479. The highest BCUT2D eigenvalue weighted by atomic mass is 16.5. The molecule has 0 bridgehead atoms. The molecule has 0 aliphatic carbocycles. The van der Waals surface area contributed by atoms with Gasteiger partial charge in [-0.15, -0.1) is 0 Å². The van der Waals surface area contributed by atoms with Gasteiger partial charge >= 0.3 is 0 Å². The Labute approximate surface area is 88.7 Å². The van der Waals surface area contributed by atoms with Crippen LogP contribution in [0.15, 0.2) is 11.6 Å². The fraction of sp³-hybridized carbons (Fsp3) is 0.833. The molecule has 1 N–H and O–H groups in total. The molecule has 2 heteroatoms. The van der Waals surface area contributed by atoms with Gasteiger partial charge in [-0.1, -0.05) is 25.5 Å². The molecular formula is C12H25NO. The predicted octanol–water partition coefficient (Wildman–Crippen LogP) is 2.60. The van der Waals surface area contributed by atoms with Crippen molar-refractivity contribution in [1.82, 2.24) is 5.32 Å². The Balaban J connectivity index is 3.41. The number of hydrogen-bond donors (Lipinski definition) is 1. The molecule has 0 heterocycles. The van der Waals surface area contributed by atoms with Crippen molar-refractivity contribution >= 4 is 0 Å². The summed E-state index contributed by atoms with van der Waals surface area (Å²) >= 11 is 0. The van der Waals surface area contributed by atoms with E-state index in [9.17, 15) is 0 Å². The highest BCUT2D eigenvalue weighted by molar-refractivity contribution is 5.01. The van der Waals surface area contributed by atoms with E-state index in [1.54, 1.807) is 7.11 Å². The van der Waals surface area contributed by atoms with Crippen molar-refractivity contribution < 1.29 is 4.74 Å². The number of allylic oxidation sites excluding steroid dienone is 1. The minimum absolute atomic E-state index is 0.731. The Hall–Kier alpha value is -0.340. The van der Waals surface area contributed by atoms with Crippen molar-refractivity contribution in [3.8, 4) is 0 Å². The van der Waals surface area contributed by atoms with Gasteiger partial charge in [-0.25, -0.2) is 0 Å². The van der Waals surface area contributed by atoms with Gasteiger partial charge in [0, 0.05) is 13.7 Å². The Bertz CT molecular complexity index is 154. The fourth-order valence-corrected chi connectivity index (χ4v) is 1.22. The van der Waals surface area contributed by atoms with Gasteiger partial charge in [0.25, 0.3) is 0 Å². The maximum Gasteiger partial charge on any atom is 0.0587 e. The van der Waals surface area contributed by atoms with Crippen LogP contribution >= 0.6 is 0 Å². The van der Waals surface area contributed by atoms with Crippen LogP contribution in [-0.4, -0.2) is 26.8 Å². The molecule has 0 saturated heterocycles. The van der Waals surface area contributed by atoms with E-state index in [4.69, 9.17) is 4.74 Å². The van der Waals surface area contributed by atoms with Crippen LogP contribution in [0.1, 0.15) is 33.6 Å². The van der Waals surface area contributed by atoms with Gasteiger partial charge in [0.15, 0.2) is 0 Å². The molecule has 0 aliphatic heterocycles. The summed E-state index contributed by atoms with van der Waals surface area (Å²) in [5.74, 6) is 0.731. The van der Waals surface area contributed by atoms with Crippen LogP contribution in [0.5, 0.6) is 0 Å². The van der Waals surface area contributed by atoms with E-state index < -0.39 is 0 Å². The zero-order valence-electron chi connectivity index (χ0n) is 10.1. The molecule has 0 radical (unpaired) electrons. The monoisotopic (exact) mass is 199 g/mol. The normalized spacial score (nSPS) is 14.4. The van der Waals surface area contributed by atoms with Crippen LogP contribution in [0, 0.1) is 5.92 Å². The Morgan fingerprint density at radius 3 is 2.71 bits per heavy atom. The van der Waals surface area contributed by atoms with E-state index in [0.29, 0.717) is 0 Å². The van der Waals surface area contributed by atoms with E-state index in [2.05, 4.69) is 32.2 Å². The summed E-state index contributed by atoms with van der Waals surface area (Å²) in [6, 6.07) is 0. The molecule has 0 spiro atoms. The lowest BCUT2D eigenvalue weighted by Gasteiger charge is -2.09. The third-order valence-corrected chi connectivity index (χ3v) is 2.66. The first-order valence-electron chi connectivity index (χ1n) is 5.58. The average Bonchev–Trinajstić information content (AvgIpc) is 2.21. The van der Waals surface area contributed by atoms with E-state index in [1.807, 2.05) is 0 Å². The van der Waals surface area contributed by atoms with Crippen LogP contribution < -0.4 is 5.32 Å². The fourth-order valence-electron chi connectivity index (χ4n) is 1.22. The van der Waals surface area contributed by atoms with Crippen LogP contribution in [0.4, 0.5) is 0 Å². The average molecular weight is 199 g/mol. The van der Waals surface area contributed by atoms with Gasteiger partial charge in [0.05, 0.1) is 6.61 Å². The van der Waals surface area contributed by atoms with E-state index in [0.717, 1.165) is 32.0 Å². The molecule has 0 aromatic rings. The van der Waals surface area contributed by atoms with E-state index in [1.165, 1.54) is 12.0 Å². The first-order valence-corrected chi connectivity index (χ1v) is 5.58. The van der Waals surface area contributed by atoms with Crippen molar-refractivity contribution in [1.29, 1.82) is 0 Å². The number of ether oxygens (including phenoxy) is 1. The van der Waals surface area contributed by atoms with Crippen molar-refractivity contribution in [3.05, 3.63) is 11.6 Å². The summed E-state index contributed by atoms with van der Waals surface area (Å²) in [6.07, 6.45) is 4.70. The highest BCUT2D eigenvalue weighted by Gasteiger charge is 1.99. The molecule has 2 nitrogen and oxygen atoms in total. The van der Waals surface area contributed by atoms with Crippen molar-refractivity contribution in [3.63, 3.8) is 0 Å². The highest BCUT2D eigenvalue weighted by Crippen LogP contribution is 2.13. The second-order valence-electron chi connectivity index (χ2n) is 3.79. The zero-order valence-corrected chi connectivity index (χ0v) is 10.1. The SMILES string of the molecule is CCC(C)C(C)=CCCNCCOC. The van der Waals surface area contributed by atoms with Gasteiger partial charge in [-0.3, -0.25) is 0 Å². The van der Waals surface area contributed by atoms with Gasteiger partial charge in [-0.2, -0.15) is 0 Å². The predicted molar refractivity (Wildman–Crippen MR) is 62.6 cm³/mol. The molecule has 0 amide bonds. The molecule has 0 aliphatic rings. The number of methoxy groups -OCH3 is 1. The lowest BCUT2D eigenvalue weighted by molar-refractivity contribution is 0.199. The first-order chi connectivity index (χ1) is 6.72. The number of hydrogen-bond acceptors (Lipinski definition) is 2. The molecule has 14 heavy (non-hydrogen) atoms. The molecule has 0 aromatic heterocycles. The topological polar surface area (TPSA) is 21.3 Å². The number of rotatable bonds is 8. The maximum absolute atomic E-state index is 4.95. The summed E-state index contributed by atoms with van der Waals surface area (Å²) in [4.78, 5) is 0. The Kier molecular flexibility index (Phi) is 9.00. The standard InChI is InChI=1S/C12H25NO/c1-5-11(2)12(3)7-6-8-13-9-10-14-4/h7,11,13H,5-6,8-10H2,1-4H3. The molecule has 0 fully saturated rings. The molecule has 0 saturated carbocycles. The molecule has 1 atom stereocenters. The molecule has 1 unspecified atom stereocenters. The van der Waals surface area contributed by atoms with Crippen molar-refractivity contribution in [2.45, 2.75) is 33.6 Å². The maximum atomic E-state index is 4.95. The summed E-state index contributed by atoms with van der Waals surface area (Å²) in [6.45, 7) is 9.55. The number of nitrogens with one attached hydrogen (secondary N) is 1. The van der Waals surface area contributed by atoms with E-state index >= 15 is 0 Å². The molecular weight excluding hydrogens is 174 g/mol. The van der Waals surface area contributed by atoms with Crippen LogP contribution in [0.3, 0.4) is 0 Å². The Morgan fingerprint density at radius 1 is 1.43 bits per heavy atom. The minimum atomic E-state index is 0.731. The smallest absolute Gasteiger partial charge is 0.0587 e.